The summed E-state index contributed by atoms with van der Waals surface area (Å²) in [5, 5.41) is 10.6. The molecule has 0 spiro atoms. The van der Waals surface area contributed by atoms with Crippen molar-refractivity contribution in [2.24, 2.45) is 5.92 Å². The lowest BCUT2D eigenvalue weighted by atomic mass is 10.2. The van der Waals surface area contributed by atoms with Gasteiger partial charge in [-0.25, -0.2) is 0 Å². The number of carboxylic acid groups (broad SMARTS) is 1. The summed E-state index contributed by atoms with van der Waals surface area (Å²) in [6.45, 7) is 5.51. The molecule has 0 rings (SSSR count). The fourth-order valence-electron chi connectivity index (χ4n) is 0.973. The summed E-state index contributed by atoms with van der Waals surface area (Å²) in [5.41, 5.74) is 0. The van der Waals surface area contributed by atoms with Crippen molar-refractivity contribution >= 4 is 22.7 Å². The zero-order chi connectivity index (χ0) is 12.7. The zero-order valence-electron chi connectivity index (χ0n) is 9.86. The molecule has 0 fully saturated rings. The number of carbonyl (C=O) groups is 2. The molecule has 0 aliphatic carbocycles. The highest BCUT2D eigenvalue weighted by molar-refractivity contribution is 7.86. The van der Waals surface area contributed by atoms with Gasteiger partial charge in [0.15, 0.2) is 0 Å². The third kappa shape index (κ3) is 5.25. The summed E-state index contributed by atoms with van der Waals surface area (Å²) in [6, 6.07) is 0. The first-order valence-corrected chi connectivity index (χ1v) is 6.66. The monoisotopic (exact) mass is 249 g/mol. The van der Waals surface area contributed by atoms with Crippen LogP contribution in [0.25, 0.3) is 0 Å². The molecule has 94 valence electrons. The van der Waals surface area contributed by atoms with Gasteiger partial charge in [-0.05, 0) is 13.3 Å². The van der Waals surface area contributed by atoms with E-state index in [-0.39, 0.29) is 11.7 Å². The Morgan fingerprint density at radius 2 is 1.94 bits per heavy atom. The predicted molar refractivity (Wildman–Crippen MR) is 62.6 cm³/mol. The number of amides is 1. The lowest BCUT2D eigenvalue weighted by Gasteiger charge is -2.13. The van der Waals surface area contributed by atoms with Crippen LogP contribution in [0.2, 0.25) is 0 Å². The number of carbonyl (C=O) groups excluding carboxylic acids is 1. The van der Waals surface area contributed by atoms with Gasteiger partial charge in [-0.3, -0.25) is 13.8 Å². The van der Waals surface area contributed by atoms with Gasteiger partial charge in [0.2, 0.25) is 5.91 Å². The van der Waals surface area contributed by atoms with E-state index in [1.165, 1.54) is 6.92 Å². The largest absolute Gasteiger partial charge is 0.481 e. The van der Waals surface area contributed by atoms with Gasteiger partial charge in [0.1, 0.15) is 5.25 Å². The van der Waals surface area contributed by atoms with Gasteiger partial charge in [-0.1, -0.05) is 13.8 Å². The first-order valence-electron chi connectivity index (χ1n) is 5.27. The van der Waals surface area contributed by atoms with Crippen molar-refractivity contribution < 1.29 is 18.9 Å². The molecule has 2 N–H and O–H groups in total. The summed E-state index contributed by atoms with van der Waals surface area (Å²) < 4.78 is 11.6. The molecule has 0 aromatic heterocycles. The average Bonchev–Trinajstić information content (AvgIpc) is 2.24. The standard InChI is InChI=1S/C10H19NO4S/c1-4-5-11-9(12)8(3)16(15)6-7(2)10(13)14/h7-8H,4-6H2,1-3H3,(H,11,12)(H,13,14). The Labute approximate surface area is 98.1 Å². The topological polar surface area (TPSA) is 83.5 Å². The van der Waals surface area contributed by atoms with Gasteiger partial charge in [0, 0.05) is 23.1 Å². The van der Waals surface area contributed by atoms with Crippen LogP contribution < -0.4 is 5.32 Å². The van der Waals surface area contributed by atoms with Crippen LogP contribution in [0, 0.1) is 5.92 Å². The fraction of sp³-hybridized carbons (Fsp3) is 0.800. The Morgan fingerprint density at radius 3 is 2.38 bits per heavy atom. The van der Waals surface area contributed by atoms with E-state index in [1.807, 2.05) is 6.92 Å². The lowest BCUT2D eigenvalue weighted by molar-refractivity contribution is -0.140. The van der Waals surface area contributed by atoms with Crippen LogP contribution >= 0.6 is 0 Å². The molecule has 0 aromatic carbocycles. The van der Waals surface area contributed by atoms with Crippen LogP contribution in [0.4, 0.5) is 0 Å². The maximum Gasteiger partial charge on any atom is 0.307 e. The second-order valence-corrected chi connectivity index (χ2v) is 5.52. The van der Waals surface area contributed by atoms with Crippen LogP contribution in [0.5, 0.6) is 0 Å². The Kier molecular flexibility index (Phi) is 6.96. The third-order valence-corrected chi connectivity index (χ3v) is 3.98. The number of hydrogen-bond donors (Lipinski definition) is 2. The quantitative estimate of drug-likeness (QED) is 0.683. The van der Waals surface area contributed by atoms with Crippen molar-refractivity contribution in [1.82, 2.24) is 5.32 Å². The van der Waals surface area contributed by atoms with Crippen LogP contribution in [0.1, 0.15) is 27.2 Å². The second kappa shape index (κ2) is 7.38. The Morgan fingerprint density at radius 1 is 1.38 bits per heavy atom. The first-order chi connectivity index (χ1) is 7.40. The van der Waals surface area contributed by atoms with E-state index >= 15 is 0 Å². The summed E-state index contributed by atoms with van der Waals surface area (Å²) in [4.78, 5) is 22.0. The molecule has 3 atom stereocenters. The highest BCUT2D eigenvalue weighted by Crippen LogP contribution is 2.04. The van der Waals surface area contributed by atoms with Crippen molar-refractivity contribution in [2.75, 3.05) is 12.3 Å². The van der Waals surface area contributed by atoms with E-state index in [2.05, 4.69) is 5.32 Å². The molecule has 0 heterocycles. The van der Waals surface area contributed by atoms with Crippen molar-refractivity contribution in [3.05, 3.63) is 0 Å². The minimum atomic E-state index is -1.44. The molecule has 16 heavy (non-hydrogen) atoms. The molecule has 5 nitrogen and oxygen atoms in total. The molecule has 3 unspecified atom stereocenters. The van der Waals surface area contributed by atoms with Crippen LogP contribution in [-0.2, 0) is 20.4 Å². The third-order valence-electron chi connectivity index (χ3n) is 2.15. The average molecular weight is 249 g/mol. The molecule has 0 bridgehead atoms. The molecule has 0 saturated heterocycles. The van der Waals surface area contributed by atoms with E-state index in [1.54, 1.807) is 6.92 Å². The Bertz CT molecular complexity index is 280. The SMILES string of the molecule is CCCNC(=O)C(C)S(=O)CC(C)C(=O)O. The molecule has 0 saturated carbocycles. The second-order valence-electron chi connectivity index (χ2n) is 3.72. The van der Waals surface area contributed by atoms with E-state index in [0.717, 1.165) is 6.42 Å². The molecule has 0 aliphatic heterocycles. The van der Waals surface area contributed by atoms with E-state index in [9.17, 15) is 13.8 Å². The summed E-state index contributed by atoms with van der Waals surface area (Å²) in [6.07, 6.45) is 0.816. The van der Waals surface area contributed by atoms with Crippen LogP contribution in [0.15, 0.2) is 0 Å². The van der Waals surface area contributed by atoms with Crippen LogP contribution in [-0.4, -0.2) is 38.7 Å². The predicted octanol–water partition coefficient (Wildman–Crippen LogP) is 0.370. The number of carboxylic acids is 1. The Balaban J connectivity index is 4.17. The van der Waals surface area contributed by atoms with Gasteiger partial charge in [0.05, 0.1) is 5.92 Å². The van der Waals surface area contributed by atoms with Crippen molar-refractivity contribution in [3.63, 3.8) is 0 Å². The molecule has 0 radical (unpaired) electrons. The van der Waals surface area contributed by atoms with E-state index in [0.29, 0.717) is 6.54 Å². The molecule has 0 aromatic rings. The molecule has 6 heteroatoms. The summed E-state index contributed by atoms with van der Waals surface area (Å²) in [5.74, 6) is -1.95. The lowest BCUT2D eigenvalue weighted by Crippen LogP contribution is -2.37. The highest BCUT2D eigenvalue weighted by atomic mass is 32.2. The maximum atomic E-state index is 11.6. The van der Waals surface area contributed by atoms with Gasteiger partial charge in [0.25, 0.3) is 0 Å². The number of rotatable bonds is 7. The van der Waals surface area contributed by atoms with Gasteiger partial charge >= 0.3 is 5.97 Å². The summed E-state index contributed by atoms with van der Waals surface area (Å²) in [7, 11) is -1.44. The fourth-order valence-corrected chi connectivity index (χ4v) is 2.22. The maximum absolute atomic E-state index is 11.6. The van der Waals surface area contributed by atoms with Crippen molar-refractivity contribution in [3.8, 4) is 0 Å². The number of hydrogen-bond acceptors (Lipinski definition) is 3. The van der Waals surface area contributed by atoms with Crippen molar-refractivity contribution in [2.45, 2.75) is 32.4 Å². The first kappa shape index (κ1) is 15.1. The highest BCUT2D eigenvalue weighted by Gasteiger charge is 2.23. The number of nitrogens with one attached hydrogen (secondary N) is 1. The molecular formula is C10H19NO4S. The van der Waals surface area contributed by atoms with Crippen LogP contribution in [0.3, 0.4) is 0 Å². The van der Waals surface area contributed by atoms with E-state index in [4.69, 9.17) is 5.11 Å². The normalized spacial score (nSPS) is 16.2. The molecule has 0 aliphatic rings. The van der Waals surface area contributed by atoms with Crippen molar-refractivity contribution in [1.29, 1.82) is 0 Å². The number of aliphatic carboxylic acids is 1. The van der Waals surface area contributed by atoms with Gasteiger partial charge in [-0.15, -0.1) is 0 Å². The van der Waals surface area contributed by atoms with Gasteiger partial charge < -0.3 is 10.4 Å². The Hall–Kier alpha value is -0.910. The minimum Gasteiger partial charge on any atom is -0.481 e. The smallest absolute Gasteiger partial charge is 0.307 e. The molecular weight excluding hydrogens is 230 g/mol. The zero-order valence-corrected chi connectivity index (χ0v) is 10.7. The minimum absolute atomic E-state index is 0.00997. The van der Waals surface area contributed by atoms with E-state index < -0.39 is 27.9 Å². The van der Waals surface area contributed by atoms with Gasteiger partial charge in [-0.2, -0.15) is 0 Å². The summed E-state index contributed by atoms with van der Waals surface area (Å²) >= 11 is 0. The molecule has 1 amide bonds.